The van der Waals surface area contributed by atoms with Gasteiger partial charge in [0.2, 0.25) is 0 Å². The number of hydrogen-bond donors (Lipinski definition) is 1. The van der Waals surface area contributed by atoms with E-state index in [2.05, 4.69) is 32.7 Å². The smallest absolute Gasteiger partial charge is 0.0474 e. The molecule has 0 saturated heterocycles. The van der Waals surface area contributed by atoms with Crippen LogP contribution >= 0.6 is 0 Å². The molecule has 1 fully saturated rings. The van der Waals surface area contributed by atoms with Crippen molar-refractivity contribution < 1.29 is 4.74 Å². The van der Waals surface area contributed by atoms with Gasteiger partial charge in [-0.1, -0.05) is 20.8 Å². The van der Waals surface area contributed by atoms with Crippen molar-refractivity contribution in [3.05, 3.63) is 0 Å². The van der Waals surface area contributed by atoms with Crippen molar-refractivity contribution >= 4 is 0 Å². The molecule has 0 radical (unpaired) electrons. The van der Waals surface area contributed by atoms with E-state index in [-0.39, 0.29) is 0 Å². The van der Waals surface area contributed by atoms with E-state index < -0.39 is 0 Å². The summed E-state index contributed by atoms with van der Waals surface area (Å²) < 4.78 is 5.16. The van der Waals surface area contributed by atoms with Gasteiger partial charge in [0, 0.05) is 26.3 Å². The summed E-state index contributed by atoms with van der Waals surface area (Å²) in [6.07, 6.45) is 5.04. The third-order valence-corrected chi connectivity index (χ3v) is 4.91. The number of nitrogens with two attached hydrogens (primary N) is 1. The van der Waals surface area contributed by atoms with E-state index in [1.807, 2.05) is 0 Å². The number of hydrogen-bond acceptors (Lipinski definition) is 3. The monoisotopic (exact) mass is 270 g/mol. The van der Waals surface area contributed by atoms with Crippen molar-refractivity contribution in [1.29, 1.82) is 0 Å². The van der Waals surface area contributed by atoms with E-state index in [1.165, 1.54) is 19.3 Å². The quantitative estimate of drug-likeness (QED) is 0.754. The molecule has 0 aromatic heterocycles. The minimum atomic E-state index is 0.422. The Morgan fingerprint density at radius 2 is 1.95 bits per heavy atom. The lowest BCUT2D eigenvalue weighted by Crippen LogP contribution is -2.47. The maximum Gasteiger partial charge on any atom is 0.0474 e. The lowest BCUT2D eigenvalue weighted by atomic mass is 9.67. The molecule has 0 aliphatic heterocycles. The Morgan fingerprint density at radius 3 is 2.47 bits per heavy atom. The van der Waals surface area contributed by atoms with Crippen molar-refractivity contribution in [2.24, 2.45) is 23.0 Å². The molecule has 0 heterocycles. The second-order valence-electron chi connectivity index (χ2n) is 7.27. The highest BCUT2D eigenvalue weighted by atomic mass is 16.5. The third kappa shape index (κ3) is 5.05. The van der Waals surface area contributed by atoms with Gasteiger partial charge in [-0.05, 0) is 56.5 Å². The second-order valence-corrected chi connectivity index (χ2v) is 7.27. The molecule has 3 heteroatoms. The second kappa shape index (κ2) is 7.61. The molecule has 0 spiro atoms. The third-order valence-electron chi connectivity index (χ3n) is 4.91. The summed E-state index contributed by atoms with van der Waals surface area (Å²) in [5.41, 5.74) is 6.41. The largest absolute Gasteiger partial charge is 0.385 e. The van der Waals surface area contributed by atoms with Crippen LogP contribution in [0, 0.1) is 17.3 Å². The van der Waals surface area contributed by atoms with Crippen LogP contribution in [0.2, 0.25) is 0 Å². The van der Waals surface area contributed by atoms with Crippen LogP contribution in [0.4, 0.5) is 0 Å². The predicted molar refractivity (Wildman–Crippen MR) is 82.3 cm³/mol. The predicted octanol–water partition coefficient (Wildman–Crippen LogP) is 2.74. The maximum atomic E-state index is 5.99. The van der Waals surface area contributed by atoms with Crippen LogP contribution in [0.15, 0.2) is 0 Å². The zero-order chi connectivity index (χ0) is 14.5. The van der Waals surface area contributed by atoms with E-state index >= 15 is 0 Å². The molecule has 1 saturated carbocycles. The van der Waals surface area contributed by atoms with Crippen LogP contribution in [-0.4, -0.2) is 44.8 Å². The minimum Gasteiger partial charge on any atom is -0.385 e. The molecule has 1 aliphatic rings. The van der Waals surface area contributed by atoms with Gasteiger partial charge in [-0.15, -0.1) is 0 Å². The molecule has 0 aromatic carbocycles. The molecule has 3 unspecified atom stereocenters. The fourth-order valence-electron chi connectivity index (χ4n) is 3.43. The average molecular weight is 270 g/mol. The number of ether oxygens (including phenoxy) is 1. The average Bonchev–Trinajstić information content (AvgIpc) is 2.37. The summed E-state index contributed by atoms with van der Waals surface area (Å²) >= 11 is 0. The molecule has 0 aromatic rings. The Bertz CT molecular complexity index is 250. The van der Waals surface area contributed by atoms with Gasteiger partial charge in [0.05, 0.1) is 0 Å². The zero-order valence-corrected chi connectivity index (χ0v) is 13.6. The van der Waals surface area contributed by atoms with E-state index in [1.54, 1.807) is 7.11 Å². The van der Waals surface area contributed by atoms with Crippen LogP contribution in [0.25, 0.3) is 0 Å². The molecule has 3 atom stereocenters. The van der Waals surface area contributed by atoms with E-state index in [4.69, 9.17) is 10.5 Å². The SMILES string of the molecule is COCCCN(C)C1CC(C(C)(C)C)CCC1CN. The van der Waals surface area contributed by atoms with Gasteiger partial charge in [0.15, 0.2) is 0 Å². The first kappa shape index (κ1) is 16.9. The van der Waals surface area contributed by atoms with Gasteiger partial charge in [-0.2, -0.15) is 0 Å². The number of methoxy groups -OCH3 is 1. The Labute approximate surface area is 119 Å². The van der Waals surface area contributed by atoms with Gasteiger partial charge in [0.1, 0.15) is 0 Å². The van der Waals surface area contributed by atoms with E-state index in [0.717, 1.165) is 32.0 Å². The van der Waals surface area contributed by atoms with Crippen molar-refractivity contribution in [2.75, 3.05) is 33.9 Å². The van der Waals surface area contributed by atoms with E-state index in [9.17, 15) is 0 Å². The topological polar surface area (TPSA) is 38.5 Å². The summed E-state index contributed by atoms with van der Waals surface area (Å²) in [7, 11) is 4.03. The number of nitrogens with zero attached hydrogens (tertiary/aromatic N) is 1. The van der Waals surface area contributed by atoms with Crippen LogP contribution in [0.1, 0.15) is 46.5 Å². The Kier molecular flexibility index (Phi) is 6.78. The van der Waals surface area contributed by atoms with E-state index in [0.29, 0.717) is 17.4 Å². The zero-order valence-electron chi connectivity index (χ0n) is 13.6. The van der Waals surface area contributed by atoms with Crippen molar-refractivity contribution in [3.63, 3.8) is 0 Å². The summed E-state index contributed by atoms with van der Waals surface area (Å²) in [6.45, 7) is 9.93. The number of rotatable bonds is 6. The van der Waals surface area contributed by atoms with Gasteiger partial charge in [-0.3, -0.25) is 0 Å². The van der Waals surface area contributed by atoms with Crippen LogP contribution in [0.5, 0.6) is 0 Å². The molecular weight excluding hydrogens is 236 g/mol. The fourth-order valence-corrected chi connectivity index (χ4v) is 3.43. The first-order valence-corrected chi connectivity index (χ1v) is 7.79. The highest BCUT2D eigenvalue weighted by Crippen LogP contribution is 2.41. The normalized spacial score (nSPS) is 28.9. The van der Waals surface area contributed by atoms with Crippen molar-refractivity contribution in [2.45, 2.75) is 52.5 Å². The first-order chi connectivity index (χ1) is 8.90. The molecule has 2 N–H and O–H groups in total. The van der Waals surface area contributed by atoms with Crippen LogP contribution in [0.3, 0.4) is 0 Å². The van der Waals surface area contributed by atoms with Crippen LogP contribution in [-0.2, 0) is 4.74 Å². The molecule has 3 nitrogen and oxygen atoms in total. The van der Waals surface area contributed by atoms with Gasteiger partial charge >= 0.3 is 0 Å². The summed E-state index contributed by atoms with van der Waals surface area (Å²) in [6, 6.07) is 0.653. The molecule has 1 aliphatic carbocycles. The Hall–Kier alpha value is -0.120. The Morgan fingerprint density at radius 1 is 1.26 bits per heavy atom. The molecule has 0 bridgehead atoms. The lowest BCUT2D eigenvalue weighted by molar-refractivity contribution is 0.0545. The molecule has 19 heavy (non-hydrogen) atoms. The minimum absolute atomic E-state index is 0.422. The molecular formula is C16H34N2O. The fraction of sp³-hybridized carbons (Fsp3) is 1.00. The maximum absolute atomic E-state index is 5.99. The van der Waals surface area contributed by atoms with Crippen molar-refractivity contribution in [1.82, 2.24) is 4.90 Å². The molecule has 0 amide bonds. The molecule has 1 rings (SSSR count). The van der Waals surface area contributed by atoms with Gasteiger partial charge < -0.3 is 15.4 Å². The van der Waals surface area contributed by atoms with Gasteiger partial charge in [0.25, 0.3) is 0 Å². The molecule has 114 valence electrons. The van der Waals surface area contributed by atoms with Crippen molar-refractivity contribution in [3.8, 4) is 0 Å². The summed E-state index contributed by atoms with van der Waals surface area (Å²) in [5.74, 6) is 1.50. The first-order valence-electron chi connectivity index (χ1n) is 7.79. The summed E-state index contributed by atoms with van der Waals surface area (Å²) in [4.78, 5) is 2.52. The standard InChI is InChI=1S/C16H34N2O/c1-16(2,3)14-8-7-13(12-17)15(11-14)18(4)9-6-10-19-5/h13-15H,6-12,17H2,1-5H3. The lowest BCUT2D eigenvalue weighted by Gasteiger charge is -2.45. The summed E-state index contributed by atoms with van der Waals surface area (Å²) in [5, 5.41) is 0. The van der Waals surface area contributed by atoms with Gasteiger partial charge in [-0.25, -0.2) is 0 Å². The Balaban J connectivity index is 2.58. The van der Waals surface area contributed by atoms with Crippen LogP contribution < -0.4 is 5.73 Å². The highest BCUT2D eigenvalue weighted by molar-refractivity contribution is 4.90. The highest BCUT2D eigenvalue weighted by Gasteiger charge is 2.36.